The minimum absolute atomic E-state index is 0.272. The van der Waals surface area contributed by atoms with E-state index in [0.717, 1.165) is 30.5 Å². The van der Waals surface area contributed by atoms with Crippen molar-refractivity contribution in [2.45, 2.75) is 26.3 Å². The van der Waals surface area contributed by atoms with Gasteiger partial charge in [0.1, 0.15) is 5.82 Å². The van der Waals surface area contributed by atoms with Crippen LogP contribution in [0, 0.1) is 5.82 Å². The minimum atomic E-state index is -0.272. The molecule has 0 saturated carbocycles. The number of hydrogen-bond donors (Lipinski definition) is 1. The summed E-state index contributed by atoms with van der Waals surface area (Å²) in [6.45, 7) is 4.22. The van der Waals surface area contributed by atoms with E-state index in [1.54, 1.807) is 6.07 Å². The highest BCUT2D eigenvalue weighted by atomic mass is 19.1. The van der Waals surface area contributed by atoms with E-state index in [2.05, 4.69) is 11.9 Å². The second kappa shape index (κ2) is 5.82. The van der Waals surface area contributed by atoms with Crippen LogP contribution in [-0.2, 0) is 11.3 Å². The van der Waals surface area contributed by atoms with Crippen LogP contribution in [-0.4, -0.2) is 22.8 Å². The molecule has 1 aromatic heterocycles. The monoisotopic (exact) mass is 251 g/mol. The van der Waals surface area contributed by atoms with Gasteiger partial charge in [0.05, 0.1) is 11.0 Å². The first-order chi connectivity index (χ1) is 8.72. The van der Waals surface area contributed by atoms with Crippen molar-refractivity contribution in [3.63, 3.8) is 0 Å². The van der Waals surface area contributed by atoms with Gasteiger partial charge < -0.3 is 15.0 Å². The molecule has 0 aliphatic heterocycles. The summed E-state index contributed by atoms with van der Waals surface area (Å²) < 4.78 is 20.4. The summed E-state index contributed by atoms with van der Waals surface area (Å²) in [5.41, 5.74) is 7.30. The maximum Gasteiger partial charge on any atom is 0.201 e. The van der Waals surface area contributed by atoms with Crippen LogP contribution in [0.15, 0.2) is 18.2 Å². The smallest absolute Gasteiger partial charge is 0.201 e. The Labute approximate surface area is 106 Å². The van der Waals surface area contributed by atoms with Gasteiger partial charge in [-0.05, 0) is 31.0 Å². The van der Waals surface area contributed by atoms with Crippen molar-refractivity contribution in [3.05, 3.63) is 24.0 Å². The van der Waals surface area contributed by atoms with Gasteiger partial charge in [0.15, 0.2) is 0 Å². The first kappa shape index (κ1) is 12.8. The molecule has 0 aliphatic rings. The maximum atomic E-state index is 13.2. The Morgan fingerprint density at radius 2 is 2.22 bits per heavy atom. The summed E-state index contributed by atoms with van der Waals surface area (Å²) in [6, 6.07) is 4.50. The molecule has 1 heterocycles. The topological polar surface area (TPSA) is 53.1 Å². The lowest BCUT2D eigenvalue weighted by molar-refractivity contribution is 0.129. The van der Waals surface area contributed by atoms with Crippen molar-refractivity contribution in [1.82, 2.24) is 9.55 Å². The Morgan fingerprint density at radius 1 is 1.39 bits per heavy atom. The van der Waals surface area contributed by atoms with Gasteiger partial charge in [-0.2, -0.15) is 0 Å². The summed E-state index contributed by atoms with van der Waals surface area (Å²) in [7, 11) is 0. The number of benzene rings is 1. The molecule has 4 nitrogen and oxygen atoms in total. The number of aryl methyl sites for hydroxylation is 1. The van der Waals surface area contributed by atoms with Gasteiger partial charge >= 0.3 is 0 Å². The van der Waals surface area contributed by atoms with Gasteiger partial charge in [0.25, 0.3) is 0 Å². The third-order valence-corrected chi connectivity index (χ3v) is 2.76. The fraction of sp³-hybridized carbons (Fsp3) is 0.462. The molecule has 0 amide bonds. The van der Waals surface area contributed by atoms with Crippen molar-refractivity contribution in [2.75, 3.05) is 18.9 Å². The van der Waals surface area contributed by atoms with E-state index in [9.17, 15) is 4.39 Å². The highest BCUT2D eigenvalue weighted by Crippen LogP contribution is 2.19. The Morgan fingerprint density at radius 3 is 3.00 bits per heavy atom. The number of ether oxygens (including phenoxy) is 1. The quantitative estimate of drug-likeness (QED) is 0.803. The molecule has 0 saturated heterocycles. The molecule has 0 aliphatic carbocycles. The number of fused-ring (bicyclic) bond motifs is 1. The van der Waals surface area contributed by atoms with Crippen molar-refractivity contribution in [1.29, 1.82) is 0 Å². The van der Waals surface area contributed by atoms with Gasteiger partial charge in [0, 0.05) is 19.8 Å². The molecule has 2 aromatic rings. The lowest BCUT2D eigenvalue weighted by Gasteiger charge is -2.06. The van der Waals surface area contributed by atoms with E-state index >= 15 is 0 Å². The van der Waals surface area contributed by atoms with Crippen LogP contribution in [0.2, 0.25) is 0 Å². The van der Waals surface area contributed by atoms with Crippen LogP contribution < -0.4 is 5.73 Å². The van der Waals surface area contributed by atoms with Crippen LogP contribution >= 0.6 is 0 Å². The predicted molar refractivity (Wildman–Crippen MR) is 69.8 cm³/mol. The Hall–Kier alpha value is -1.62. The number of nitrogen functional groups attached to an aromatic ring is 1. The molecule has 0 fully saturated rings. The Kier molecular flexibility index (Phi) is 4.15. The number of rotatable bonds is 6. The molecule has 1 aromatic carbocycles. The largest absolute Gasteiger partial charge is 0.381 e. The molecule has 98 valence electrons. The summed E-state index contributed by atoms with van der Waals surface area (Å²) in [4.78, 5) is 4.20. The van der Waals surface area contributed by atoms with Gasteiger partial charge in [0.2, 0.25) is 5.95 Å². The second-order valence-electron chi connectivity index (χ2n) is 4.22. The van der Waals surface area contributed by atoms with Crippen LogP contribution in [0.5, 0.6) is 0 Å². The summed E-state index contributed by atoms with van der Waals surface area (Å²) in [6.07, 6.45) is 1.85. The third-order valence-electron chi connectivity index (χ3n) is 2.76. The number of nitrogens with zero attached hydrogens (tertiary/aromatic N) is 2. The van der Waals surface area contributed by atoms with Crippen LogP contribution in [0.1, 0.15) is 19.8 Å². The van der Waals surface area contributed by atoms with Gasteiger partial charge in [-0.15, -0.1) is 0 Å². The minimum Gasteiger partial charge on any atom is -0.381 e. The molecule has 0 spiro atoms. The Bertz CT molecular complexity index is 524. The zero-order chi connectivity index (χ0) is 13.0. The van der Waals surface area contributed by atoms with Crippen LogP contribution in [0.3, 0.4) is 0 Å². The van der Waals surface area contributed by atoms with E-state index < -0.39 is 0 Å². The number of aromatic nitrogens is 2. The normalized spacial score (nSPS) is 11.2. The molecular formula is C13H18FN3O. The summed E-state index contributed by atoms with van der Waals surface area (Å²) in [5, 5.41) is 0. The van der Waals surface area contributed by atoms with Crippen molar-refractivity contribution in [3.8, 4) is 0 Å². The molecular weight excluding hydrogens is 233 g/mol. The van der Waals surface area contributed by atoms with E-state index in [0.29, 0.717) is 19.1 Å². The molecule has 5 heteroatoms. The average Bonchev–Trinajstić information content (AvgIpc) is 2.65. The first-order valence-electron chi connectivity index (χ1n) is 6.21. The Balaban J connectivity index is 2.07. The number of halogens is 1. The molecule has 2 rings (SSSR count). The van der Waals surface area contributed by atoms with Gasteiger partial charge in [-0.3, -0.25) is 0 Å². The number of anilines is 1. The van der Waals surface area contributed by atoms with Crippen molar-refractivity contribution in [2.24, 2.45) is 0 Å². The fourth-order valence-electron chi connectivity index (χ4n) is 1.92. The zero-order valence-electron chi connectivity index (χ0n) is 10.5. The number of hydrogen-bond acceptors (Lipinski definition) is 3. The lowest BCUT2D eigenvalue weighted by atomic mass is 10.3. The highest BCUT2D eigenvalue weighted by molar-refractivity contribution is 5.78. The van der Waals surface area contributed by atoms with E-state index in [1.807, 2.05) is 4.57 Å². The molecule has 0 unspecified atom stereocenters. The van der Waals surface area contributed by atoms with Crippen LogP contribution in [0.25, 0.3) is 11.0 Å². The molecule has 0 radical (unpaired) electrons. The standard InChI is InChI=1S/C13H18FN3O/c1-2-7-18-8-3-6-17-12-9-10(14)4-5-11(12)16-13(17)15/h4-5,9H,2-3,6-8H2,1H3,(H2,15,16). The fourth-order valence-corrected chi connectivity index (χ4v) is 1.92. The summed E-state index contributed by atoms with van der Waals surface area (Å²) in [5.74, 6) is 0.150. The number of imidazole rings is 1. The average molecular weight is 251 g/mol. The molecule has 18 heavy (non-hydrogen) atoms. The first-order valence-corrected chi connectivity index (χ1v) is 6.21. The van der Waals surface area contributed by atoms with Gasteiger partial charge in [-0.25, -0.2) is 9.37 Å². The van der Waals surface area contributed by atoms with Gasteiger partial charge in [-0.1, -0.05) is 6.92 Å². The number of nitrogens with two attached hydrogens (primary N) is 1. The molecule has 2 N–H and O–H groups in total. The third kappa shape index (κ3) is 2.79. The van der Waals surface area contributed by atoms with E-state index in [1.165, 1.54) is 12.1 Å². The maximum absolute atomic E-state index is 13.2. The van der Waals surface area contributed by atoms with E-state index in [-0.39, 0.29) is 5.82 Å². The van der Waals surface area contributed by atoms with Crippen molar-refractivity contribution < 1.29 is 9.13 Å². The van der Waals surface area contributed by atoms with Crippen molar-refractivity contribution >= 4 is 17.0 Å². The second-order valence-corrected chi connectivity index (χ2v) is 4.22. The van der Waals surface area contributed by atoms with E-state index in [4.69, 9.17) is 10.5 Å². The molecule has 0 atom stereocenters. The SMILES string of the molecule is CCCOCCCn1c(N)nc2ccc(F)cc21. The van der Waals surface area contributed by atoms with Crippen LogP contribution in [0.4, 0.5) is 10.3 Å². The predicted octanol–water partition coefficient (Wildman–Crippen LogP) is 2.57. The zero-order valence-corrected chi connectivity index (χ0v) is 10.5. The summed E-state index contributed by atoms with van der Waals surface area (Å²) >= 11 is 0. The highest BCUT2D eigenvalue weighted by Gasteiger charge is 2.08. The lowest BCUT2D eigenvalue weighted by Crippen LogP contribution is -2.06. The molecule has 0 bridgehead atoms.